The largest absolute Gasteiger partial charge is 0.399 e. The Morgan fingerprint density at radius 2 is 0.811 bits per heavy atom. The lowest BCUT2D eigenvalue weighted by atomic mass is 10.1. The van der Waals surface area contributed by atoms with Crippen molar-refractivity contribution >= 4 is 28.9 Å². The Kier molecular flexibility index (Phi) is 39.2. The van der Waals surface area contributed by atoms with Gasteiger partial charge in [0.2, 0.25) is 11.2 Å². The van der Waals surface area contributed by atoms with Crippen LogP contribution in [0.3, 0.4) is 0 Å². The van der Waals surface area contributed by atoms with Gasteiger partial charge in [-0.3, -0.25) is 0 Å². The summed E-state index contributed by atoms with van der Waals surface area (Å²) in [6.07, 6.45) is 5.07. The molecule has 4 aromatic carbocycles. The average Bonchev–Trinajstić information content (AvgIpc) is 3.24. The second-order valence-corrected chi connectivity index (χ2v) is 9.25. The van der Waals surface area contributed by atoms with Crippen LogP contribution < -0.4 is 11.1 Å². The minimum Gasteiger partial charge on any atom is -0.399 e. The second-order valence-electron chi connectivity index (χ2n) is 8.92. The molecule has 7 heteroatoms. The van der Waals surface area contributed by atoms with Crippen LogP contribution in [0.2, 0.25) is 5.28 Å². The number of anilines is 3. The lowest BCUT2D eigenvalue weighted by molar-refractivity contribution is 1.03. The summed E-state index contributed by atoms with van der Waals surface area (Å²) in [5.74, 6) is 0.629. The molecule has 0 radical (unpaired) electrons. The van der Waals surface area contributed by atoms with Crippen LogP contribution in [0.15, 0.2) is 146 Å². The molecular formula is C46H67ClN6. The molecule has 0 saturated heterocycles. The molecular weight excluding hydrogens is 672 g/mol. The van der Waals surface area contributed by atoms with Gasteiger partial charge in [-0.25, -0.2) is 19.9 Å². The molecule has 0 saturated carbocycles. The zero-order valence-corrected chi connectivity index (χ0v) is 35.3. The van der Waals surface area contributed by atoms with Gasteiger partial charge in [-0.15, -0.1) is 0 Å². The van der Waals surface area contributed by atoms with E-state index in [1.165, 1.54) is 11.1 Å². The van der Waals surface area contributed by atoms with Crippen LogP contribution in [0.1, 0.15) is 106 Å². The van der Waals surface area contributed by atoms with Gasteiger partial charge in [0.05, 0.1) is 5.69 Å². The quantitative estimate of drug-likeness (QED) is 0.131. The Hall–Kier alpha value is -5.07. The van der Waals surface area contributed by atoms with Crippen LogP contribution >= 0.6 is 11.6 Å². The van der Waals surface area contributed by atoms with E-state index in [-0.39, 0.29) is 0 Å². The van der Waals surface area contributed by atoms with Crippen molar-refractivity contribution in [3.8, 4) is 0 Å². The molecule has 288 valence electrons. The number of halogens is 1. The van der Waals surface area contributed by atoms with Gasteiger partial charge < -0.3 is 11.1 Å². The van der Waals surface area contributed by atoms with Crippen LogP contribution in [0.25, 0.3) is 0 Å². The first-order chi connectivity index (χ1) is 26.1. The fourth-order valence-corrected chi connectivity index (χ4v) is 3.90. The SMILES string of the molecule is CC.CC.CC.CC.CC.CC.Clc1nccc(Cc2ccccc2)n1.Nc1ccccc1.c1ccc(Cc2ccnc(Nc3ccccc3)n2)cc1. The molecule has 0 bridgehead atoms. The average molecular weight is 740 g/mol. The number of para-hydroxylation sites is 2. The molecule has 0 aliphatic carbocycles. The fourth-order valence-electron chi connectivity index (χ4n) is 3.74. The second kappa shape index (κ2) is 39.7. The Bertz CT molecular complexity index is 1510. The lowest BCUT2D eigenvalue weighted by Gasteiger charge is -2.06. The molecule has 6 rings (SSSR count). The zero-order valence-electron chi connectivity index (χ0n) is 34.5. The molecule has 0 amide bonds. The predicted molar refractivity (Wildman–Crippen MR) is 236 cm³/mol. The van der Waals surface area contributed by atoms with E-state index in [1.54, 1.807) is 12.4 Å². The summed E-state index contributed by atoms with van der Waals surface area (Å²) in [5.41, 5.74) is 11.6. The van der Waals surface area contributed by atoms with Gasteiger partial charge >= 0.3 is 0 Å². The number of nitrogen functional groups attached to an aromatic ring is 1. The van der Waals surface area contributed by atoms with Crippen molar-refractivity contribution in [1.82, 2.24) is 19.9 Å². The first-order valence-electron chi connectivity index (χ1n) is 19.1. The van der Waals surface area contributed by atoms with Crippen LogP contribution in [-0.2, 0) is 12.8 Å². The summed E-state index contributed by atoms with van der Waals surface area (Å²) in [6, 6.07) is 43.7. The maximum atomic E-state index is 5.69. The van der Waals surface area contributed by atoms with Gasteiger partial charge in [0.15, 0.2) is 0 Å². The van der Waals surface area contributed by atoms with Crippen molar-refractivity contribution in [1.29, 1.82) is 0 Å². The fraction of sp³-hybridized carbons (Fsp3) is 0.304. The minimum absolute atomic E-state index is 0.304. The molecule has 0 unspecified atom stereocenters. The number of rotatable bonds is 6. The molecule has 0 aliphatic rings. The van der Waals surface area contributed by atoms with E-state index < -0.39 is 0 Å². The van der Waals surface area contributed by atoms with Crippen molar-refractivity contribution in [2.45, 2.75) is 95.9 Å². The highest BCUT2D eigenvalue weighted by molar-refractivity contribution is 6.28. The first kappa shape index (κ1) is 52.3. The lowest BCUT2D eigenvalue weighted by Crippen LogP contribution is -2.00. The van der Waals surface area contributed by atoms with Gasteiger partial charge in [-0.2, -0.15) is 0 Å². The number of nitrogens with one attached hydrogen (secondary N) is 1. The molecule has 0 spiro atoms. The molecule has 2 aromatic heterocycles. The van der Waals surface area contributed by atoms with Gasteiger partial charge in [0.25, 0.3) is 0 Å². The third-order valence-corrected chi connectivity index (χ3v) is 5.86. The molecule has 6 aromatic rings. The molecule has 2 heterocycles. The number of hydrogen-bond donors (Lipinski definition) is 2. The smallest absolute Gasteiger partial charge is 0.227 e. The Labute approximate surface area is 328 Å². The summed E-state index contributed by atoms with van der Waals surface area (Å²) in [6.45, 7) is 24.0. The Morgan fingerprint density at radius 3 is 1.19 bits per heavy atom. The summed E-state index contributed by atoms with van der Waals surface area (Å²) in [5, 5.41) is 3.51. The van der Waals surface area contributed by atoms with Crippen LogP contribution in [0.4, 0.5) is 17.3 Å². The third-order valence-electron chi connectivity index (χ3n) is 5.68. The highest BCUT2D eigenvalue weighted by Crippen LogP contribution is 2.13. The summed E-state index contributed by atoms with van der Waals surface area (Å²) in [4.78, 5) is 16.8. The van der Waals surface area contributed by atoms with E-state index in [0.717, 1.165) is 35.6 Å². The number of nitrogens with zero attached hydrogens (tertiary/aromatic N) is 4. The highest BCUT2D eigenvalue weighted by Gasteiger charge is 2.01. The van der Waals surface area contributed by atoms with Crippen LogP contribution in [0.5, 0.6) is 0 Å². The van der Waals surface area contributed by atoms with Crippen molar-refractivity contribution in [3.63, 3.8) is 0 Å². The number of nitrogens with two attached hydrogens (primary N) is 1. The molecule has 3 N–H and O–H groups in total. The predicted octanol–water partition coefficient (Wildman–Crippen LogP) is 14.0. The van der Waals surface area contributed by atoms with E-state index in [4.69, 9.17) is 17.3 Å². The van der Waals surface area contributed by atoms with E-state index in [2.05, 4.69) is 49.5 Å². The molecule has 0 fully saturated rings. The summed E-state index contributed by atoms with van der Waals surface area (Å²) < 4.78 is 0. The minimum atomic E-state index is 0.304. The van der Waals surface area contributed by atoms with Crippen molar-refractivity contribution in [2.75, 3.05) is 11.1 Å². The van der Waals surface area contributed by atoms with Gasteiger partial charge in [-0.05, 0) is 59.1 Å². The van der Waals surface area contributed by atoms with Crippen molar-refractivity contribution in [3.05, 3.63) is 174 Å². The topological polar surface area (TPSA) is 89.6 Å². The Morgan fingerprint density at radius 1 is 0.453 bits per heavy atom. The van der Waals surface area contributed by atoms with Crippen molar-refractivity contribution in [2.24, 2.45) is 0 Å². The van der Waals surface area contributed by atoms with Crippen molar-refractivity contribution < 1.29 is 0 Å². The van der Waals surface area contributed by atoms with Gasteiger partial charge in [0, 0.05) is 42.3 Å². The first-order valence-corrected chi connectivity index (χ1v) is 19.5. The maximum absolute atomic E-state index is 5.69. The number of benzene rings is 4. The van der Waals surface area contributed by atoms with E-state index in [9.17, 15) is 0 Å². The Balaban J connectivity index is -0.000000661. The monoisotopic (exact) mass is 739 g/mol. The normalized spacial score (nSPS) is 8.32. The summed E-state index contributed by atoms with van der Waals surface area (Å²) >= 11 is 5.69. The van der Waals surface area contributed by atoms with E-state index >= 15 is 0 Å². The molecule has 53 heavy (non-hydrogen) atoms. The van der Waals surface area contributed by atoms with Crippen LogP contribution in [0, 0.1) is 0 Å². The van der Waals surface area contributed by atoms with Gasteiger partial charge in [-0.1, -0.05) is 180 Å². The number of hydrogen-bond acceptors (Lipinski definition) is 6. The maximum Gasteiger partial charge on any atom is 0.227 e. The van der Waals surface area contributed by atoms with E-state index in [0.29, 0.717) is 11.2 Å². The third kappa shape index (κ3) is 27.3. The van der Waals surface area contributed by atoms with Crippen LogP contribution in [-0.4, -0.2) is 19.9 Å². The van der Waals surface area contributed by atoms with Gasteiger partial charge in [0.1, 0.15) is 0 Å². The zero-order chi connectivity index (χ0) is 40.5. The standard InChI is InChI=1S/C17H15N3.C11H9ClN2.C6H7N.6C2H6/c1-3-7-14(8-4-1)13-16-11-12-18-17(20-16)19-15-9-5-2-6-10-15;12-11-13-7-6-10(14-11)8-9-4-2-1-3-5-9;7-6-4-2-1-3-5-6;6*1-2/h1-12H,13H2,(H,18,19,20);1-7H,8H2;1-5H,7H2;6*1-2H3. The van der Waals surface area contributed by atoms with E-state index in [1.807, 2.05) is 192 Å². The molecule has 0 atom stereocenters. The number of aromatic nitrogens is 4. The highest BCUT2D eigenvalue weighted by atomic mass is 35.5. The molecule has 6 nitrogen and oxygen atoms in total. The summed E-state index contributed by atoms with van der Waals surface area (Å²) in [7, 11) is 0. The molecule has 0 aliphatic heterocycles.